The minimum atomic E-state index is -3.68. The number of anilines is 1. The van der Waals surface area contributed by atoms with Gasteiger partial charge in [0, 0.05) is 37.0 Å². The number of benzene rings is 2. The first-order valence-corrected chi connectivity index (χ1v) is 15.9. The lowest BCUT2D eigenvalue weighted by molar-refractivity contribution is -0.121. The highest BCUT2D eigenvalue weighted by molar-refractivity contribution is 7.91. The van der Waals surface area contributed by atoms with Gasteiger partial charge in [0.2, 0.25) is 11.9 Å². The SMILES string of the molecule is CC(C)n1cc(-c2nc3c4cccc(S(C)(=O)=O)c4nc(N[C@@H]4CN(C(=O)OCc5ccccc5)CCNC4=O)n3n2)cn1. The van der Waals surface area contributed by atoms with Crippen molar-refractivity contribution in [3.63, 3.8) is 0 Å². The van der Waals surface area contributed by atoms with Gasteiger partial charge in [-0.15, -0.1) is 5.10 Å². The van der Waals surface area contributed by atoms with Crippen LogP contribution in [0, 0.1) is 0 Å². The van der Waals surface area contributed by atoms with Crippen molar-refractivity contribution in [2.75, 3.05) is 31.2 Å². The van der Waals surface area contributed by atoms with Crippen molar-refractivity contribution < 1.29 is 22.7 Å². The summed E-state index contributed by atoms with van der Waals surface area (Å²) in [5.74, 6) is 0.0575. The number of hydrogen-bond acceptors (Lipinski definition) is 10. The molecule has 44 heavy (non-hydrogen) atoms. The molecule has 0 aliphatic carbocycles. The number of fused-ring (bicyclic) bond motifs is 3. The fourth-order valence-corrected chi connectivity index (χ4v) is 5.76. The molecule has 0 saturated carbocycles. The molecule has 15 heteroatoms. The molecule has 1 atom stereocenters. The van der Waals surface area contributed by atoms with Crippen LogP contribution in [-0.2, 0) is 26.0 Å². The van der Waals surface area contributed by atoms with Crippen LogP contribution >= 0.6 is 0 Å². The van der Waals surface area contributed by atoms with Crippen LogP contribution in [0.5, 0.6) is 0 Å². The molecule has 0 bridgehead atoms. The second-order valence-electron chi connectivity index (χ2n) is 10.8. The minimum Gasteiger partial charge on any atom is -0.445 e. The summed E-state index contributed by atoms with van der Waals surface area (Å²) in [5, 5.41) is 15.4. The Kier molecular flexibility index (Phi) is 7.63. The Morgan fingerprint density at radius 3 is 2.66 bits per heavy atom. The summed E-state index contributed by atoms with van der Waals surface area (Å²) in [4.78, 5) is 37.0. The van der Waals surface area contributed by atoms with E-state index in [1.165, 1.54) is 15.5 Å². The number of aromatic nitrogens is 6. The third kappa shape index (κ3) is 5.77. The summed E-state index contributed by atoms with van der Waals surface area (Å²) < 4.78 is 34.2. The van der Waals surface area contributed by atoms with Gasteiger partial charge in [-0.05, 0) is 31.5 Å². The number of rotatable bonds is 7. The molecule has 0 unspecified atom stereocenters. The molecule has 1 aliphatic rings. The molecule has 1 aliphatic heterocycles. The van der Waals surface area contributed by atoms with Gasteiger partial charge in [0.15, 0.2) is 21.3 Å². The van der Waals surface area contributed by atoms with Gasteiger partial charge >= 0.3 is 6.09 Å². The van der Waals surface area contributed by atoms with Crippen LogP contribution in [0.4, 0.5) is 10.7 Å². The predicted octanol–water partition coefficient (Wildman–Crippen LogP) is 2.67. The molecule has 0 radical (unpaired) electrons. The van der Waals surface area contributed by atoms with E-state index in [0.29, 0.717) is 22.4 Å². The van der Waals surface area contributed by atoms with E-state index in [1.807, 2.05) is 50.4 Å². The Morgan fingerprint density at radius 1 is 1.14 bits per heavy atom. The first kappa shape index (κ1) is 29.0. The van der Waals surface area contributed by atoms with Crippen molar-refractivity contribution in [1.29, 1.82) is 0 Å². The van der Waals surface area contributed by atoms with E-state index in [-0.39, 0.29) is 54.6 Å². The molecule has 5 aromatic rings. The van der Waals surface area contributed by atoms with Crippen LogP contribution in [0.2, 0.25) is 0 Å². The minimum absolute atomic E-state index is 0.00848. The van der Waals surface area contributed by atoms with Gasteiger partial charge in [0.1, 0.15) is 12.6 Å². The van der Waals surface area contributed by atoms with Crippen LogP contribution in [-0.4, -0.2) is 86.6 Å². The Labute approximate surface area is 253 Å². The molecular weight excluding hydrogens is 586 g/mol. The third-order valence-electron chi connectivity index (χ3n) is 7.22. The summed E-state index contributed by atoms with van der Waals surface area (Å²) in [6, 6.07) is 13.3. The van der Waals surface area contributed by atoms with Crippen molar-refractivity contribution in [2.24, 2.45) is 0 Å². The van der Waals surface area contributed by atoms with E-state index in [4.69, 9.17) is 9.72 Å². The van der Waals surface area contributed by atoms with E-state index in [1.54, 1.807) is 23.0 Å². The number of nitrogens with zero attached hydrogens (tertiary/aromatic N) is 7. The molecule has 4 heterocycles. The Bertz CT molecular complexity index is 1970. The average Bonchev–Trinajstić information content (AvgIpc) is 3.63. The fourth-order valence-electron chi connectivity index (χ4n) is 4.93. The second-order valence-corrected chi connectivity index (χ2v) is 12.8. The average molecular weight is 618 g/mol. The van der Waals surface area contributed by atoms with Gasteiger partial charge in [-0.25, -0.2) is 23.2 Å². The van der Waals surface area contributed by atoms with Crippen LogP contribution in [0.1, 0.15) is 25.5 Å². The second kappa shape index (κ2) is 11.6. The van der Waals surface area contributed by atoms with E-state index in [2.05, 4.69) is 25.8 Å². The molecule has 2 aromatic carbocycles. The van der Waals surface area contributed by atoms with Crippen molar-refractivity contribution in [3.05, 3.63) is 66.5 Å². The molecule has 1 saturated heterocycles. The number of nitrogens with one attached hydrogen (secondary N) is 2. The van der Waals surface area contributed by atoms with Crippen molar-refractivity contribution in [1.82, 2.24) is 39.6 Å². The molecule has 228 valence electrons. The van der Waals surface area contributed by atoms with Crippen LogP contribution < -0.4 is 10.6 Å². The normalized spacial score (nSPS) is 15.9. The molecule has 6 rings (SSSR count). The lowest BCUT2D eigenvalue weighted by Gasteiger charge is -2.23. The van der Waals surface area contributed by atoms with Gasteiger partial charge < -0.3 is 20.3 Å². The zero-order valence-corrected chi connectivity index (χ0v) is 25.2. The summed E-state index contributed by atoms with van der Waals surface area (Å²) in [5.41, 5.74) is 2.00. The molecule has 2 amide bonds. The first-order valence-electron chi connectivity index (χ1n) is 14.0. The topological polar surface area (TPSA) is 166 Å². The predicted molar refractivity (Wildman–Crippen MR) is 162 cm³/mol. The van der Waals surface area contributed by atoms with E-state index < -0.39 is 22.0 Å². The van der Waals surface area contributed by atoms with Gasteiger partial charge in [0.05, 0.1) is 28.7 Å². The van der Waals surface area contributed by atoms with E-state index in [9.17, 15) is 18.0 Å². The lowest BCUT2D eigenvalue weighted by atomic mass is 10.2. The van der Waals surface area contributed by atoms with Crippen molar-refractivity contribution in [3.8, 4) is 11.4 Å². The van der Waals surface area contributed by atoms with Crippen molar-refractivity contribution in [2.45, 2.75) is 37.4 Å². The summed E-state index contributed by atoms with van der Waals surface area (Å²) in [6.45, 7) is 4.52. The monoisotopic (exact) mass is 617 g/mol. The molecule has 3 aromatic heterocycles. The van der Waals surface area contributed by atoms with Crippen LogP contribution in [0.25, 0.3) is 27.9 Å². The fraction of sp³-hybridized carbons (Fsp3) is 0.310. The number of carbonyl (C=O) groups is 2. The Balaban J connectivity index is 1.38. The van der Waals surface area contributed by atoms with Crippen LogP contribution in [0.3, 0.4) is 0 Å². The Morgan fingerprint density at radius 2 is 1.93 bits per heavy atom. The zero-order valence-electron chi connectivity index (χ0n) is 24.3. The molecule has 1 fully saturated rings. The molecule has 2 N–H and O–H groups in total. The molecule has 0 spiro atoms. The van der Waals surface area contributed by atoms with Gasteiger partial charge in [0.25, 0.3) is 0 Å². The number of hydrogen-bond donors (Lipinski definition) is 2. The third-order valence-corrected chi connectivity index (χ3v) is 8.35. The lowest BCUT2D eigenvalue weighted by Crippen LogP contribution is -2.44. The van der Waals surface area contributed by atoms with E-state index >= 15 is 0 Å². The van der Waals surface area contributed by atoms with Gasteiger partial charge in [-0.2, -0.15) is 9.61 Å². The highest BCUT2D eigenvalue weighted by atomic mass is 32.2. The quantitative estimate of drug-likeness (QED) is 0.277. The summed E-state index contributed by atoms with van der Waals surface area (Å²) >= 11 is 0. The number of amides is 2. The first-order chi connectivity index (χ1) is 21.1. The number of sulfone groups is 1. The van der Waals surface area contributed by atoms with E-state index in [0.717, 1.165) is 11.8 Å². The highest BCUT2D eigenvalue weighted by Gasteiger charge is 2.30. The standard InChI is InChI=1S/C29H31N9O5S/c1-18(2)37-15-20(14-31-37)25-34-26-21-10-7-11-23(44(3,41)42)24(21)33-28(38(26)35-25)32-22-16-36(13-12-30-27(22)39)29(40)43-17-19-8-5-4-6-9-19/h4-11,14-15,18,22H,12-13,16-17H2,1-3H3,(H,30,39)(H,32,33)/t22-/m1/s1. The van der Waals surface area contributed by atoms with Crippen molar-refractivity contribution >= 4 is 44.3 Å². The summed E-state index contributed by atoms with van der Waals surface area (Å²) in [6.07, 6.45) is 4.01. The maximum atomic E-state index is 13.2. The Hall–Kier alpha value is -5.05. The maximum absolute atomic E-state index is 13.2. The van der Waals surface area contributed by atoms with Gasteiger partial charge in [-0.1, -0.05) is 36.4 Å². The highest BCUT2D eigenvalue weighted by Crippen LogP contribution is 2.29. The largest absolute Gasteiger partial charge is 0.445 e. The molecule has 14 nitrogen and oxygen atoms in total. The summed E-state index contributed by atoms with van der Waals surface area (Å²) in [7, 11) is -3.68. The smallest absolute Gasteiger partial charge is 0.410 e. The van der Waals surface area contributed by atoms with Crippen LogP contribution in [0.15, 0.2) is 65.8 Å². The number of ether oxygens (including phenoxy) is 1. The molecular formula is C29H31N9O5S. The van der Waals surface area contributed by atoms with Gasteiger partial charge in [-0.3, -0.25) is 9.48 Å². The zero-order chi connectivity index (χ0) is 31.0. The number of para-hydroxylation sites is 1. The number of carbonyl (C=O) groups excluding carboxylic acids is 2. The maximum Gasteiger partial charge on any atom is 0.410 e.